The Kier molecular flexibility index (Phi) is 2.94. The molecule has 0 N–H and O–H groups in total. The van der Waals surface area contributed by atoms with Crippen LogP contribution in [0.4, 0.5) is 5.88 Å². The van der Waals surface area contributed by atoms with Crippen LogP contribution in [-0.4, -0.2) is 23.4 Å². The molecule has 96 valence electrons. The van der Waals surface area contributed by atoms with Crippen molar-refractivity contribution < 1.29 is 14.1 Å². The monoisotopic (exact) mass is 320 g/mol. The highest BCUT2D eigenvalue weighted by Crippen LogP contribution is 2.27. The van der Waals surface area contributed by atoms with Crippen molar-refractivity contribution in [1.82, 2.24) is 5.16 Å². The Bertz CT molecular complexity index is 648. The Morgan fingerprint density at radius 1 is 1.21 bits per heavy atom. The summed E-state index contributed by atoms with van der Waals surface area (Å²) in [7, 11) is 0. The number of carbonyl (C=O) groups is 2. The number of benzene rings is 1. The fourth-order valence-corrected chi connectivity index (χ4v) is 2.20. The summed E-state index contributed by atoms with van der Waals surface area (Å²) in [6, 6.07) is 9.24. The summed E-state index contributed by atoms with van der Waals surface area (Å²) in [6.07, 6.45) is -0.0612. The maximum Gasteiger partial charge on any atom is 0.237 e. The largest absolute Gasteiger partial charge is 0.338 e. The summed E-state index contributed by atoms with van der Waals surface area (Å²) < 4.78 is 6.12. The summed E-state index contributed by atoms with van der Waals surface area (Å²) in [4.78, 5) is 24.1. The van der Waals surface area contributed by atoms with Gasteiger partial charge in [0.05, 0.1) is 13.0 Å². The zero-order valence-electron chi connectivity index (χ0n) is 9.80. The molecule has 0 aliphatic carbocycles. The van der Waals surface area contributed by atoms with Gasteiger partial charge in [-0.2, -0.15) is 0 Å². The van der Waals surface area contributed by atoms with Crippen LogP contribution in [0.15, 0.2) is 39.3 Å². The number of hydrogen-bond acceptors (Lipinski definition) is 4. The summed E-state index contributed by atoms with van der Waals surface area (Å²) in [6.45, 7) is 0.0633. The molecule has 1 aliphatic rings. The molecule has 0 unspecified atom stereocenters. The van der Waals surface area contributed by atoms with E-state index in [0.29, 0.717) is 11.6 Å². The van der Waals surface area contributed by atoms with Crippen molar-refractivity contribution in [3.05, 3.63) is 34.8 Å². The molecule has 2 aromatic rings. The zero-order valence-corrected chi connectivity index (χ0v) is 11.4. The number of ketones is 1. The van der Waals surface area contributed by atoms with Crippen molar-refractivity contribution >= 4 is 33.5 Å². The first-order valence-electron chi connectivity index (χ1n) is 5.68. The van der Waals surface area contributed by atoms with Gasteiger partial charge in [-0.3, -0.25) is 14.5 Å². The standard InChI is InChI=1S/C13H9BrN2O3/c14-9-3-1-8(2-4-9)11-6-13(19-15-11)16-7-10(17)5-12(16)18/h1-4,6H,5,7H2. The Balaban J connectivity index is 1.89. The molecule has 1 aromatic carbocycles. The zero-order chi connectivity index (χ0) is 13.4. The Labute approximate surface area is 117 Å². The highest BCUT2D eigenvalue weighted by molar-refractivity contribution is 9.10. The molecule has 1 amide bonds. The average Bonchev–Trinajstić information content (AvgIpc) is 2.97. The minimum absolute atomic E-state index is 0.0612. The third-order valence-electron chi connectivity index (χ3n) is 2.89. The van der Waals surface area contributed by atoms with Crippen molar-refractivity contribution in [2.75, 3.05) is 11.4 Å². The smallest absolute Gasteiger partial charge is 0.237 e. The molecule has 6 heteroatoms. The van der Waals surface area contributed by atoms with Crippen LogP contribution in [0.3, 0.4) is 0 Å². The van der Waals surface area contributed by atoms with Gasteiger partial charge in [0.15, 0.2) is 5.78 Å². The minimum atomic E-state index is -0.247. The Morgan fingerprint density at radius 2 is 1.95 bits per heavy atom. The van der Waals surface area contributed by atoms with E-state index in [0.717, 1.165) is 10.0 Å². The van der Waals surface area contributed by atoms with Gasteiger partial charge in [0.25, 0.3) is 0 Å². The Morgan fingerprint density at radius 3 is 2.58 bits per heavy atom. The molecule has 3 rings (SSSR count). The lowest BCUT2D eigenvalue weighted by atomic mass is 10.1. The molecule has 2 heterocycles. The second kappa shape index (κ2) is 4.62. The van der Waals surface area contributed by atoms with Crippen LogP contribution in [-0.2, 0) is 9.59 Å². The molecule has 0 bridgehead atoms. The van der Waals surface area contributed by atoms with Gasteiger partial charge in [0.1, 0.15) is 5.69 Å². The maximum absolute atomic E-state index is 11.6. The van der Waals surface area contributed by atoms with Crippen molar-refractivity contribution in [2.24, 2.45) is 0 Å². The molecule has 1 aromatic heterocycles. The lowest BCUT2D eigenvalue weighted by Gasteiger charge is -2.07. The van der Waals surface area contributed by atoms with E-state index in [9.17, 15) is 9.59 Å². The minimum Gasteiger partial charge on any atom is -0.338 e. The number of anilines is 1. The highest BCUT2D eigenvalue weighted by Gasteiger charge is 2.31. The molecule has 0 saturated carbocycles. The van der Waals surface area contributed by atoms with Gasteiger partial charge >= 0.3 is 0 Å². The lowest BCUT2D eigenvalue weighted by molar-refractivity contribution is -0.121. The SMILES string of the molecule is O=C1CC(=O)N(c2cc(-c3ccc(Br)cc3)no2)C1. The summed E-state index contributed by atoms with van der Waals surface area (Å²) in [5, 5.41) is 3.92. The van der Waals surface area contributed by atoms with E-state index in [1.54, 1.807) is 6.07 Å². The van der Waals surface area contributed by atoms with Crippen molar-refractivity contribution in [1.29, 1.82) is 0 Å². The van der Waals surface area contributed by atoms with E-state index in [2.05, 4.69) is 21.1 Å². The topological polar surface area (TPSA) is 63.4 Å². The van der Waals surface area contributed by atoms with Gasteiger partial charge in [0.2, 0.25) is 11.8 Å². The maximum atomic E-state index is 11.6. The van der Waals surface area contributed by atoms with E-state index >= 15 is 0 Å². The van der Waals surface area contributed by atoms with E-state index in [-0.39, 0.29) is 24.7 Å². The average molecular weight is 321 g/mol. The molecule has 5 nitrogen and oxygen atoms in total. The van der Waals surface area contributed by atoms with Crippen molar-refractivity contribution in [3.63, 3.8) is 0 Å². The second-order valence-corrected chi connectivity index (χ2v) is 5.17. The fourth-order valence-electron chi connectivity index (χ4n) is 1.93. The van der Waals surface area contributed by atoms with Crippen LogP contribution in [0.25, 0.3) is 11.3 Å². The van der Waals surface area contributed by atoms with Crippen LogP contribution in [0, 0.1) is 0 Å². The van der Waals surface area contributed by atoms with E-state index in [4.69, 9.17) is 4.52 Å². The number of Topliss-reactive ketones (excluding diaryl/α,β-unsaturated/α-hetero) is 1. The molecule has 1 aliphatic heterocycles. The number of nitrogens with zero attached hydrogens (tertiary/aromatic N) is 2. The third-order valence-corrected chi connectivity index (χ3v) is 3.42. The molecular weight excluding hydrogens is 312 g/mol. The van der Waals surface area contributed by atoms with Crippen LogP contribution in [0.2, 0.25) is 0 Å². The van der Waals surface area contributed by atoms with Crippen LogP contribution < -0.4 is 4.90 Å². The van der Waals surface area contributed by atoms with Crippen LogP contribution in [0.5, 0.6) is 0 Å². The lowest BCUT2D eigenvalue weighted by Crippen LogP contribution is -2.23. The van der Waals surface area contributed by atoms with Crippen molar-refractivity contribution in [3.8, 4) is 11.3 Å². The number of amides is 1. The summed E-state index contributed by atoms with van der Waals surface area (Å²) >= 11 is 3.36. The number of aromatic nitrogens is 1. The van der Waals surface area contributed by atoms with E-state index in [1.807, 2.05) is 24.3 Å². The second-order valence-electron chi connectivity index (χ2n) is 4.25. The van der Waals surface area contributed by atoms with Gasteiger partial charge < -0.3 is 4.52 Å². The van der Waals surface area contributed by atoms with Gasteiger partial charge in [-0.05, 0) is 12.1 Å². The number of carbonyl (C=O) groups excluding carboxylic acids is 2. The number of halogens is 1. The molecule has 0 spiro atoms. The number of rotatable bonds is 2. The molecule has 19 heavy (non-hydrogen) atoms. The molecular formula is C13H9BrN2O3. The molecule has 1 fully saturated rings. The van der Waals surface area contributed by atoms with Crippen LogP contribution >= 0.6 is 15.9 Å². The fraction of sp³-hybridized carbons (Fsp3) is 0.154. The summed E-state index contributed by atoms with van der Waals surface area (Å²) in [5.41, 5.74) is 1.52. The first-order valence-corrected chi connectivity index (χ1v) is 6.47. The van der Waals surface area contributed by atoms with Gasteiger partial charge in [-0.25, -0.2) is 0 Å². The van der Waals surface area contributed by atoms with E-state index in [1.165, 1.54) is 4.90 Å². The van der Waals surface area contributed by atoms with E-state index < -0.39 is 0 Å². The quantitative estimate of drug-likeness (QED) is 0.797. The molecule has 0 atom stereocenters. The van der Waals surface area contributed by atoms with Crippen LogP contribution in [0.1, 0.15) is 6.42 Å². The first-order chi connectivity index (χ1) is 9.13. The molecule has 0 radical (unpaired) electrons. The summed E-state index contributed by atoms with van der Waals surface area (Å²) in [5.74, 6) is -0.0381. The predicted molar refractivity (Wildman–Crippen MR) is 71.6 cm³/mol. The molecule has 1 saturated heterocycles. The van der Waals surface area contributed by atoms with Gasteiger partial charge in [0, 0.05) is 16.1 Å². The Hall–Kier alpha value is -1.95. The first kappa shape index (κ1) is 12.1. The normalized spacial score (nSPS) is 15.3. The van der Waals surface area contributed by atoms with Crippen molar-refractivity contribution in [2.45, 2.75) is 6.42 Å². The van der Waals surface area contributed by atoms with Gasteiger partial charge in [-0.1, -0.05) is 33.2 Å². The number of hydrogen-bond donors (Lipinski definition) is 0. The predicted octanol–water partition coefficient (Wildman–Crippen LogP) is 2.41. The van der Waals surface area contributed by atoms with Gasteiger partial charge in [-0.15, -0.1) is 0 Å². The highest BCUT2D eigenvalue weighted by atomic mass is 79.9. The third kappa shape index (κ3) is 2.31.